The van der Waals surface area contributed by atoms with Crippen molar-refractivity contribution in [2.24, 2.45) is 142 Å². The Morgan fingerprint density at radius 1 is 0.204 bits per heavy atom. The zero-order chi connectivity index (χ0) is 80.3. The van der Waals surface area contributed by atoms with Crippen molar-refractivity contribution in [3.63, 3.8) is 0 Å². The second-order valence-electron chi connectivity index (χ2n) is 41.8. The van der Waals surface area contributed by atoms with Crippen LogP contribution in [0.25, 0.3) is 0 Å². The monoisotopic (exact) mass is 1580 g/mol. The Morgan fingerprint density at radius 3 is 0.611 bits per heavy atom. The van der Waals surface area contributed by atoms with E-state index < -0.39 is 0 Å². The zero-order valence-corrected chi connectivity index (χ0v) is 78.1. The molecule has 0 radical (unpaired) electrons. The molecule has 0 unspecified atom stereocenters. The van der Waals surface area contributed by atoms with Gasteiger partial charge in [-0.15, -0.1) is 6.58 Å². The number of hydrogen-bond acceptors (Lipinski definition) is 0. The Morgan fingerprint density at radius 2 is 0.407 bits per heavy atom. The van der Waals surface area contributed by atoms with E-state index in [2.05, 4.69) is 174 Å². The molecule has 113 heavy (non-hydrogen) atoms. The maximum absolute atomic E-state index is 3.94. The molecule has 12 saturated carbocycles. The van der Waals surface area contributed by atoms with Gasteiger partial charge in [-0.2, -0.15) is 0 Å². The average Bonchev–Trinajstić information content (AvgIpc) is 0.875. The Balaban J connectivity index is -0.000000334. The minimum atomic E-state index is 0. The van der Waals surface area contributed by atoms with Gasteiger partial charge in [0.25, 0.3) is 0 Å². The predicted octanol–water partition coefficient (Wildman–Crippen LogP) is 40.3. The van der Waals surface area contributed by atoms with Gasteiger partial charge in [0.15, 0.2) is 0 Å². The van der Waals surface area contributed by atoms with Crippen molar-refractivity contribution < 1.29 is 17.1 Å². The number of unbranched alkanes of at least 4 members (excludes halogenated alkanes) is 3. The third-order valence-electron chi connectivity index (χ3n) is 34.4. The minimum absolute atomic E-state index is 0. The first-order valence-corrected chi connectivity index (χ1v) is 52.4. The predicted molar refractivity (Wildman–Crippen MR) is 532 cm³/mol. The molecular weight excluding hydrogens is 1360 g/mol. The molecule has 0 nitrogen and oxygen atoms in total. The SMILES string of the molecule is C/C=C/C1CCC(C2CCC(/C=C/C)CC2)CC1.C/C=C/CC1CCC(C2CCC(CC)CC2)CC1.C/C=C/CC1CCC(C2CCC(CCC)CC2)CC1.C/C=C/CC1CCC(C2CCC(CCCC)CC2)CC1.C/C=C/CC1CCC(C2CCC(CCCCC)CC2)CC1.C=CC1CCC(C2CCC(/C=C/C)CC2)CC1.[HH].[HH].[HH].[HH].[HH].[HH].[HH].[HH].[HH].[HH].[HH].[HH]. The highest BCUT2D eigenvalue weighted by molar-refractivity contribution is 4.97. The van der Waals surface area contributed by atoms with Crippen molar-refractivity contribution in [2.45, 2.75) is 474 Å². The summed E-state index contributed by atoms with van der Waals surface area (Å²) < 4.78 is 0. The first kappa shape index (κ1) is 98.0. The lowest BCUT2D eigenvalue weighted by Crippen LogP contribution is -2.25. The van der Waals surface area contributed by atoms with E-state index in [9.17, 15) is 0 Å². The highest BCUT2D eigenvalue weighted by Crippen LogP contribution is 2.49. The van der Waals surface area contributed by atoms with Crippen molar-refractivity contribution in [2.75, 3.05) is 0 Å². The highest BCUT2D eigenvalue weighted by atomic mass is 14.4. The maximum Gasteiger partial charge on any atom is 0 e. The molecule has 12 fully saturated rings. The quantitative estimate of drug-likeness (QED) is 0.0541. The van der Waals surface area contributed by atoms with E-state index in [1.807, 2.05) is 0 Å². The summed E-state index contributed by atoms with van der Waals surface area (Å²) in [4.78, 5) is 0. The molecule has 0 aromatic heterocycles. The van der Waals surface area contributed by atoms with Gasteiger partial charge in [-0.1, -0.05) is 234 Å². The molecule has 12 aliphatic rings. The number of hydrogen-bond donors (Lipinski definition) is 0. The fourth-order valence-corrected chi connectivity index (χ4v) is 26.5. The van der Waals surface area contributed by atoms with Gasteiger partial charge in [0, 0.05) is 17.1 Å². The minimum Gasteiger partial charge on any atom is -0.103 e. The largest absolute Gasteiger partial charge is 0.103 e. The normalized spacial score (nSPS) is 37.0. The van der Waals surface area contributed by atoms with Crippen molar-refractivity contribution >= 4 is 0 Å². The van der Waals surface area contributed by atoms with Gasteiger partial charge in [-0.05, 0) is 473 Å². The molecule has 0 aliphatic heterocycles. The highest BCUT2D eigenvalue weighted by Gasteiger charge is 2.37. The van der Waals surface area contributed by atoms with E-state index in [0.29, 0.717) is 0 Å². The Labute approximate surface area is 727 Å². The van der Waals surface area contributed by atoms with E-state index in [1.54, 1.807) is 77.0 Å². The Bertz CT molecular complexity index is 2460. The zero-order valence-electron chi connectivity index (χ0n) is 78.1. The molecule has 0 heteroatoms. The van der Waals surface area contributed by atoms with Gasteiger partial charge in [-0.3, -0.25) is 0 Å². The van der Waals surface area contributed by atoms with E-state index >= 15 is 0 Å². The van der Waals surface area contributed by atoms with Crippen LogP contribution in [-0.4, -0.2) is 0 Å². The summed E-state index contributed by atoms with van der Waals surface area (Å²) in [6, 6.07) is 0. The molecule has 674 valence electrons. The number of rotatable bonds is 28. The lowest BCUT2D eigenvalue weighted by Gasteiger charge is -2.37. The van der Waals surface area contributed by atoms with Crippen molar-refractivity contribution in [1.29, 1.82) is 0 Å². The molecule has 12 aliphatic carbocycles. The molecular formula is C113H222. The first-order valence-electron chi connectivity index (χ1n) is 52.4. The number of allylic oxidation sites excluding steroid dienone is 15. The third-order valence-corrected chi connectivity index (χ3v) is 34.4. The standard InChI is InChI=1S/C21H38.C20H36.C19H34.C18H32.C18H30.C17H28.12H2/c1-3-5-7-9-19-12-16-21(17-13-19)20-14-10-18(11-15-20)8-6-4-2;1-3-5-7-17-9-13-19(14-10-17)20-15-11-18(12-16-20)8-6-4-2;1-3-5-7-17-10-14-19(15-11-17)18-12-8-16(6-4-2)9-13-18;1-3-5-6-16-9-13-18(14-10-16)17-11-7-15(4-2)8-12-17;1-3-5-15-7-11-17(12-8-15)18-13-9-16(6-4-2)10-14-18;1-3-5-15-8-12-17(13-9-15)16-10-6-14(4-2)7-11-16;;;;;;;;;;;;/h4,6,18-21H,3,5,7-17H2,1-2H3;3,5,17-20H,4,6-16H2,1-2H3;3,5,16-19H,4,6-15H2,1-2H3;3,5,15-18H,4,6-14H2,1-2H3;3-6,15-18H,7-14H2,1-2H3;3-5,14-17H,2,6-13H2,1H3;12*1H/b6-4+;3*5-3+;5-3+,6-4+;5-3+;;;;;;;;;;;;. The van der Waals surface area contributed by atoms with Crippen LogP contribution in [0.5, 0.6) is 0 Å². The lowest BCUT2D eigenvalue weighted by atomic mass is 9.68. The summed E-state index contributed by atoms with van der Waals surface area (Å²) in [6.45, 7) is 28.4. The molecule has 0 aromatic carbocycles. The molecule has 0 aromatic rings. The van der Waals surface area contributed by atoms with Crippen LogP contribution in [0.3, 0.4) is 0 Å². The molecule has 0 saturated heterocycles. The Hall–Kier alpha value is -2.08. The lowest BCUT2D eigenvalue weighted by molar-refractivity contribution is 0.143. The van der Waals surface area contributed by atoms with E-state index in [1.165, 1.54) is 321 Å². The fraction of sp³-hybridized carbons (Fsp3) is 0.858. The molecule has 0 heterocycles. The summed E-state index contributed by atoms with van der Waals surface area (Å²) in [6.07, 6.45) is 127. The van der Waals surface area contributed by atoms with Crippen molar-refractivity contribution in [3.8, 4) is 0 Å². The van der Waals surface area contributed by atoms with Crippen LogP contribution >= 0.6 is 0 Å². The summed E-state index contributed by atoms with van der Waals surface area (Å²) in [5.74, 6) is 24.7. The van der Waals surface area contributed by atoms with Crippen LogP contribution in [0.1, 0.15) is 491 Å². The molecule has 0 amide bonds. The topological polar surface area (TPSA) is 0 Å². The van der Waals surface area contributed by atoms with Gasteiger partial charge < -0.3 is 0 Å². The van der Waals surface area contributed by atoms with Crippen molar-refractivity contribution in [3.05, 3.63) is 97.7 Å². The third kappa shape index (κ3) is 38.3. The smallest absolute Gasteiger partial charge is 0 e. The van der Waals surface area contributed by atoms with Crippen LogP contribution in [0.15, 0.2) is 97.7 Å². The second-order valence-corrected chi connectivity index (χ2v) is 41.8. The molecule has 0 spiro atoms. The van der Waals surface area contributed by atoms with Gasteiger partial charge >= 0.3 is 0 Å². The van der Waals surface area contributed by atoms with E-state index in [4.69, 9.17) is 0 Å². The van der Waals surface area contributed by atoms with Crippen molar-refractivity contribution in [1.82, 2.24) is 0 Å². The van der Waals surface area contributed by atoms with Gasteiger partial charge in [-0.25, -0.2) is 0 Å². The first-order chi connectivity index (χ1) is 55.5. The summed E-state index contributed by atoms with van der Waals surface area (Å²) in [5.41, 5.74) is 0. The molecule has 0 bridgehead atoms. The maximum atomic E-state index is 3.94. The van der Waals surface area contributed by atoms with E-state index in [0.717, 1.165) is 142 Å². The molecule has 0 atom stereocenters. The van der Waals surface area contributed by atoms with Gasteiger partial charge in [0.1, 0.15) is 0 Å². The average molecular weight is 1580 g/mol. The summed E-state index contributed by atoms with van der Waals surface area (Å²) in [7, 11) is 0. The van der Waals surface area contributed by atoms with E-state index in [-0.39, 0.29) is 17.1 Å². The Kier molecular flexibility index (Phi) is 52.4. The second kappa shape index (κ2) is 60.4. The van der Waals surface area contributed by atoms with Crippen LogP contribution in [0, 0.1) is 142 Å². The van der Waals surface area contributed by atoms with Crippen LogP contribution in [-0.2, 0) is 0 Å². The molecule has 0 N–H and O–H groups in total. The fourth-order valence-electron chi connectivity index (χ4n) is 26.5. The summed E-state index contributed by atoms with van der Waals surface area (Å²) in [5, 5.41) is 0. The molecule has 12 rings (SSSR count). The van der Waals surface area contributed by atoms with Crippen LogP contribution in [0.4, 0.5) is 0 Å². The van der Waals surface area contributed by atoms with Gasteiger partial charge in [0.05, 0.1) is 0 Å². The van der Waals surface area contributed by atoms with Crippen LogP contribution < -0.4 is 0 Å². The van der Waals surface area contributed by atoms with Crippen LogP contribution in [0.2, 0.25) is 0 Å². The van der Waals surface area contributed by atoms with Gasteiger partial charge in [0.2, 0.25) is 0 Å². The summed E-state index contributed by atoms with van der Waals surface area (Å²) >= 11 is 0.